The summed E-state index contributed by atoms with van der Waals surface area (Å²) < 4.78 is 16.7. The molecule has 0 spiro atoms. The van der Waals surface area contributed by atoms with Gasteiger partial charge in [-0.3, -0.25) is 0 Å². The molecule has 0 radical (unpaired) electrons. The Kier molecular flexibility index (Phi) is 4.39. The molecule has 0 N–H and O–H groups in total. The number of ether oxygens (including phenoxy) is 3. The monoisotopic (exact) mass is 360 g/mol. The minimum absolute atomic E-state index is 0.528. The maximum absolute atomic E-state index is 5.91. The highest BCUT2D eigenvalue weighted by atomic mass is 79.9. The first-order valence-electron chi connectivity index (χ1n) is 7.01. The summed E-state index contributed by atoms with van der Waals surface area (Å²) in [5.74, 6) is 2.49. The van der Waals surface area contributed by atoms with Gasteiger partial charge in [0.25, 0.3) is 0 Å². The summed E-state index contributed by atoms with van der Waals surface area (Å²) in [6.45, 7) is 0.528. The van der Waals surface area contributed by atoms with E-state index in [1.807, 2.05) is 36.4 Å². The number of hydrogen-bond acceptors (Lipinski definition) is 3. The lowest BCUT2D eigenvalue weighted by molar-refractivity contribution is 0.362. The van der Waals surface area contributed by atoms with E-state index in [0.29, 0.717) is 6.61 Å². The number of benzene rings is 2. The molecule has 0 unspecified atom stereocenters. The zero-order valence-corrected chi connectivity index (χ0v) is 14.1. The van der Waals surface area contributed by atoms with Crippen LogP contribution in [-0.4, -0.2) is 26.2 Å². The van der Waals surface area contributed by atoms with Gasteiger partial charge in [-0.25, -0.2) is 0 Å². The van der Waals surface area contributed by atoms with Crippen molar-refractivity contribution in [1.29, 1.82) is 0 Å². The van der Waals surface area contributed by atoms with Gasteiger partial charge in [-0.05, 0) is 23.8 Å². The highest BCUT2D eigenvalue weighted by Crippen LogP contribution is 2.41. The van der Waals surface area contributed by atoms with Gasteiger partial charge in [0.1, 0.15) is 23.9 Å². The Hall–Kier alpha value is -1.94. The van der Waals surface area contributed by atoms with Crippen LogP contribution in [0.1, 0.15) is 11.1 Å². The molecule has 22 heavy (non-hydrogen) atoms. The van der Waals surface area contributed by atoms with Crippen molar-refractivity contribution in [2.45, 2.75) is 0 Å². The summed E-state index contributed by atoms with van der Waals surface area (Å²) in [5, 5.41) is 0.762. The summed E-state index contributed by atoms with van der Waals surface area (Å²) in [7, 11) is 3.32. The largest absolute Gasteiger partial charge is 0.497 e. The topological polar surface area (TPSA) is 27.7 Å². The smallest absolute Gasteiger partial charge is 0.130 e. The molecular weight excluding hydrogens is 344 g/mol. The van der Waals surface area contributed by atoms with E-state index in [0.717, 1.165) is 39.3 Å². The third-order valence-electron chi connectivity index (χ3n) is 3.82. The molecule has 1 heterocycles. The van der Waals surface area contributed by atoms with Gasteiger partial charge in [-0.1, -0.05) is 34.1 Å². The average Bonchev–Trinajstić information content (AvgIpc) is 2.60. The van der Waals surface area contributed by atoms with E-state index in [-0.39, 0.29) is 0 Å². The van der Waals surface area contributed by atoms with Crippen LogP contribution in [0, 0.1) is 0 Å². The van der Waals surface area contributed by atoms with Gasteiger partial charge in [0.2, 0.25) is 0 Å². The van der Waals surface area contributed by atoms with Gasteiger partial charge >= 0.3 is 0 Å². The standard InChI is InChI=1S/C18H17BrO3/c1-20-12-7-8-14(18(9-12)21-2)16-11-22-17-6-4-3-5-13(17)15(16)10-19/h3-9H,10-11H2,1-2H3. The Balaban J connectivity index is 2.16. The molecule has 3 nitrogen and oxygen atoms in total. The van der Waals surface area contributed by atoms with Crippen LogP contribution in [0.25, 0.3) is 11.1 Å². The average molecular weight is 361 g/mol. The van der Waals surface area contributed by atoms with E-state index in [2.05, 4.69) is 22.0 Å². The van der Waals surface area contributed by atoms with E-state index in [1.54, 1.807) is 14.2 Å². The van der Waals surface area contributed by atoms with Crippen molar-refractivity contribution in [3.63, 3.8) is 0 Å². The lowest BCUT2D eigenvalue weighted by atomic mass is 9.93. The molecule has 0 aromatic heterocycles. The normalized spacial score (nSPS) is 13.4. The summed E-state index contributed by atoms with van der Waals surface area (Å²) in [6, 6.07) is 14.0. The van der Waals surface area contributed by atoms with Crippen molar-refractivity contribution < 1.29 is 14.2 Å². The molecule has 0 bridgehead atoms. The van der Waals surface area contributed by atoms with Crippen molar-refractivity contribution in [2.24, 2.45) is 0 Å². The lowest BCUT2D eigenvalue weighted by Crippen LogP contribution is -2.12. The van der Waals surface area contributed by atoms with Gasteiger partial charge in [-0.15, -0.1) is 0 Å². The first kappa shape index (κ1) is 15.0. The summed E-state index contributed by atoms with van der Waals surface area (Å²) in [6.07, 6.45) is 0. The van der Waals surface area contributed by atoms with E-state index >= 15 is 0 Å². The Labute approximate surface area is 138 Å². The minimum Gasteiger partial charge on any atom is -0.497 e. The second-order valence-corrected chi connectivity index (χ2v) is 5.50. The van der Waals surface area contributed by atoms with Crippen LogP contribution in [0.15, 0.2) is 42.5 Å². The van der Waals surface area contributed by atoms with Gasteiger partial charge in [-0.2, -0.15) is 0 Å². The molecule has 0 aliphatic carbocycles. The predicted octanol–water partition coefficient (Wildman–Crippen LogP) is 4.40. The maximum atomic E-state index is 5.91. The number of fused-ring (bicyclic) bond motifs is 1. The Morgan fingerprint density at radius 3 is 2.59 bits per heavy atom. The molecular formula is C18H17BrO3. The number of methoxy groups -OCH3 is 2. The van der Waals surface area contributed by atoms with Crippen LogP contribution in [0.4, 0.5) is 0 Å². The molecule has 0 amide bonds. The van der Waals surface area contributed by atoms with Crippen LogP contribution in [0.5, 0.6) is 17.2 Å². The van der Waals surface area contributed by atoms with Crippen molar-refractivity contribution >= 4 is 27.1 Å². The van der Waals surface area contributed by atoms with Crippen molar-refractivity contribution in [1.82, 2.24) is 0 Å². The highest BCUT2D eigenvalue weighted by molar-refractivity contribution is 9.09. The SMILES string of the molecule is COc1ccc(C2=C(CBr)c3ccccc3OC2)c(OC)c1. The van der Waals surface area contributed by atoms with Gasteiger partial charge < -0.3 is 14.2 Å². The lowest BCUT2D eigenvalue weighted by Gasteiger charge is -2.24. The van der Waals surface area contributed by atoms with Crippen LogP contribution < -0.4 is 14.2 Å². The summed E-state index contributed by atoms with van der Waals surface area (Å²) in [5.41, 5.74) is 4.52. The number of alkyl halides is 1. The molecule has 2 aromatic rings. The van der Waals surface area contributed by atoms with Crippen LogP contribution in [-0.2, 0) is 0 Å². The fourth-order valence-corrected chi connectivity index (χ4v) is 3.32. The fraction of sp³-hybridized carbons (Fsp3) is 0.222. The summed E-state index contributed by atoms with van der Waals surface area (Å²) in [4.78, 5) is 0. The number of allylic oxidation sites excluding steroid dienone is 1. The Morgan fingerprint density at radius 2 is 1.86 bits per heavy atom. The fourth-order valence-electron chi connectivity index (χ4n) is 2.68. The number of para-hydroxylation sites is 1. The minimum atomic E-state index is 0.528. The van der Waals surface area contributed by atoms with E-state index in [4.69, 9.17) is 14.2 Å². The number of rotatable bonds is 4. The third kappa shape index (κ3) is 2.59. The van der Waals surface area contributed by atoms with E-state index in [1.165, 1.54) is 5.57 Å². The molecule has 4 heteroatoms. The van der Waals surface area contributed by atoms with E-state index in [9.17, 15) is 0 Å². The maximum Gasteiger partial charge on any atom is 0.130 e. The van der Waals surface area contributed by atoms with Crippen LogP contribution in [0.3, 0.4) is 0 Å². The van der Waals surface area contributed by atoms with Crippen molar-refractivity contribution in [3.05, 3.63) is 53.6 Å². The zero-order valence-electron chi connectivity index (χ0n) is 12.6. The van der Waals surface area contributed by atoms with E-state index < -0.39 is 0 Å². The first-order valence-corrected chi connectivity index (χ1v) is 8.13. The highest BCUT2D eigenvalue weighted by Gasteiger charge is 2.22. The van der Waals surface area contributed by atoms with Crippen LogP contribution >= 0.6 is 15.9 Å². The van der Waals surface area contributed by atoms with Gasteiger partial charge in [0, 0.05) is 28.1 Å². The molecule has 1 aliphatic rings. The number of hydrogen-bond donors (Lipinski definition) is 0. The molecule has 1 aliphatic heterocycles. The van der Waals surface area contributed by atoms with Gasteiger partial charge in [0.05, 0.1) is 14.2 Å². The second kappa shape index (κ2) is 6.44. The molecule has 0 fully saturated rings. The molecule has 0 saturated heterocycles. The zero-order chi connectivity index (χ0) is 15.5. The van der Waals surface area contributed by atoms with Crippen molar-refractivity contribution in [3.8, 4) is 17.2 Å². The molecule has 3 rings (SSSR count). The summed E-state index contributed by atoms with van der Waals surface area (Å²) >= 11 is 3.61. The second-order valence-electron chi connectivity index (χ2n) is 4.94. The predicted molar refractivity (Wildman–Crippen MR) is 92.1 cm³/mol. The quantitative estimate of drug-likeness (QED) is 0.756. The van der Waals surface area contributed by atoms with Gasteiger partial charge in [0.15, 0.2) is 0 Å². The van der Waals surface area contributed by atoms with Crippen LogP contribution in [0.2, 0.25) is 0 Å². The molecule has 0 saturated carbocycles. The third-order valence-corrected chi connectivity index (χ3v) is 4.38. The Morgan fingerprint density at radius 1 is 1.05 bits per heavy atom. The molecule has 2 aromatic carbocycles. The Bertz CT molecular complexity index is 722. The number of halogens is 1. The van der Waals surface area contributed by atoms with Crippen molar-refractivity contribution in [2.75, 3.05) is 26.2 Å². The molecule has 114 valence electrons. The molecule has 0 atom stereocenters. The first-order chi connectivity index (χ1) is 10.8.